The van der Waals surface area contributed by atoms with Crippen LogP contribution < -0.4 is 5.56 Å². The lowest BCUT2D eigenvalue weighted by Crippen LogP contribution is -2.18. The van der Waals surface area contributed by atoms with Crippen LogP contribution in [0.15, 0.2) is 23.4 Å². The average Bonchev–Trinajstić information content (AvgIpc) is 2.28. The highest BCUT2D eigenvalue weighted by Crippen LogP contribution is 2.15. The van der Waals surface area contributed by atoms with E-state index in [-0.39, 0.29) is 11.5 Å². The monoisotopic (exact) mass is 230 g/mol. The third kappa shape index (κ3) is 2.22. The highest BCUT2D eigenvalue weighted by Gasteiger charge is 2.12. The van der Waals surface area contributed by atoms with Gasteiger partial charge in [0, 0.05) is 23.7 Å². The molecule has 1 N–H and O–H groups in total. The second-order valence-corrected chi connectivity index (χ2v) is 4.16. The molecular weight excluding hydrogens is 216 g/mol. The summed E-state index contributed by atoms with van der Waals surface area (Å²) >= 11 is 0. The van der Waals surface area contributed by atoms with Gasteiger partial charge in [-0.15, -0.1) is 0 Å². The quantitative estimate of drug-likeness (QED) is 0.851. The van der Waals surface area contributed by atoms with Crippen LogP contribution in [0.1, 0.15) is 31.0 Å². The zero-order valence-corrected chi connectivity index (χ0v) is 10.1. The largest absolute Gasteiger partial charge is 0.305 e. The van der Waals surface area contributed by atoms with Gasteiger partial charge < -0.3 is 4.98 Å². The fourth-order valence-electron chi connectivity index (χ4n) is 1.82. The van der Waals surface area contributed by atoms with Crippen LogP contribution in [0.25, 0.3) is 11.5 Å². The Morgan fingerprint density at radius 1 is 1.29 bits per heavy atom. The number of aryl methyl sites for hydroxylation is 1. The molecule has 2 aromatic heterocycles. The normalized spacial score (nSPS) is 10.8. The fraction of sp³-hybridized carbons (Fsp3) is 0.333. The van der Waals surface area contributed by atoms with Crippen molar-refractivity contribution in [2.75, 3.05) is 0 Å². The molecule has 0 saturated heterocycles. The third-order valence-corrected chi connectivity index (χ3v) is 2.53. The van der Waals surface area contributed by atoms with E-state index in [0.29, 0.717) is 11.5 Å². The average molecular weight is 230 g/mol. The Labute approximate surface area is 99.0 Å². The predicted molar refractivity (Wildman–Crippen MR) is 64.7 cm³/mol. The van der Waals surface area contributed by atoms with Gasteiger partial charge in [-0.05, 0) is 12.8 Å². The van der Waals surface area contributed by atoms with Gasteiger partial charge in [-0.25, -0.2) is 9.97 Å². The first-order valence-electron chi connectivity index (χ1n) is 5.46. The van der Waals surface area contributed by atoms with Gasteiger partial charge in [0.2, 0.25) is 0 Å². The Balaban J connectivity index is 2.58. The summed E-state index contributed by atoms with van der Waals surface area (Å²) in [6, 6.07) is 0. The molecule has 0 bridgehead atoms. The topological polar surface area (TPSA) is 71.5 Å². The third-order valence-electron chi connectivity index (χ3n) is 2.53. The van der Waals surface area contributed by atoms with Crippen molar-refractivity contribution in [3.05, 3.63) is 40.2 Å². The van der Waals surface area contributed by atoms with Crippen molar-refractivity contribution in [1.82, 2.24) is 19.9 Å². The van der Waals surface area contributed by atoms with Gasteiger partial charge in [0.1, 0.15) is 5.69 Å². The Morgan fingerprint density at radius 3 is 2.59 bits per heavy atom. The molecule has 0 spiro atoms. The van der Waals surface area contributed by atoms with Crippen molar-refractivity contribution in [1.29, 1.82) is 0 Å². The van der Waals surface area contributed by atoms with Crippen molar-refractivity contribution in [2.45, 2.75) is 26.7 Å². The lowest BCUT2D eigenvalue weighted by Gasteiger charge is -2.08. The zero-order valence-electron chi connectivity index (χ0n) is 10.1. The SMILES string of the molecule is Cc1nc(-c2cnccn2)[nH]c(=O)c1C(C)C. The van der Waals surface area contributed by atoms with Gasteiger partial charge in [-0.3, -0.25) is 9.78 Å². The summed E-state index contributed by atoms with van der Waals surface area (Å²) in [5.41, 5.74) is 1.93. The molecule has 88 valence electrons. The number of rotatable bonds is 2. The van der Waals surface area contributed by atoms with Crippen LogP contribution in [0, 0.1) is 6.92 Å². The van der Waals surface area contributed by atoms with E-state index in [4.69, 9.17) is 0 Å². The Kier molecular flexibility index (Phi) is 2.99. The van der Waals surface area contributed by atoms with Gasteiger partial charge in [0.05, 0.1) is 6.20 Å². The van der Waals surface area contributed by atoms with Crippen LogP contribution in [0.5, 0.6) is 0 Å². The van der Waals surface area contributed by atoms with Crippen molar-refractivity contribution >= 4 is 0 Å². The summed E-state index contributed by atoms with van der Waals surface area (Å²) in [5.74, 6) is 0.618. The van der Waals surface area contributed by atoms with Crippen LogP contribution >= 0.6 is 0 Å². The summed E-state index contributed by atoms with van der Waals surface area (Å²) in [6.07, 6.45) is 4.73. The van der Waals surface area contributed by atoms with E-state index in [2.05, 4.69) is 19.9 Å². The molecule has 0 atom stereocenters. The standard InChI is InChI=1S/C12H14N4O/c1-7(2)10-8(3)15-11(16-12(10)17)9-6-13-4-5-14-9/h4-7H,1-3H3,(H,15,16,17). The molecule has 0 aliphatic rings. The molecule has 2 rings (SSSR count). The number of nitrogens with one attached hydrogen (secondary N) is 1. The highest BCUT2D eigenvalue weighted by atomic mass is 16.1. The maximum Gasteiger partial charge on any atom is 0.254 e. The minimum Gasteiger partial charge on any atom is -0.305 e. The Bertz CT molecular complexity index is 575. The molecule has 5 heteroatoms. The van der Waals surface area contributed by atoms with E-state index in [1.54, 1.807) is 18.6 Å². The number of nitrogens with zero attached hydrogens (tertiary/aromatic N) is 3. The number of hydrogen-bond acceptors (Lipinski definition) is 4. The van der Waals surface area contributed by atoms with Gasteiger partial charge in [-0.2, -0.15) is 0 Å². The predicted octanol–water partition coefficient (Wildman–Crippen LogP) is 1.66. The highest BCUT2D eigenvalue weighted by molar-refractivity contribution is 5.47. The maximum absolute atomic E-state index is 11.9. The minimum absolute atomic E-state index is 0.104. The summed E-state index contributed by atoms with van der Waals surface area (Å²) in [4.78, 5) is 27.1. The van der Waals surface area contributed by atoms with E-state index < -0.39 is 0 Å². The summed E-state index contributed by atoms with van der Waals surface area (Å²) in [5, 5.41) is 0. The molecule has 2 heterocycles. The van der Waals surface area contributed by atoms with Gasteiger partial charge in [0.15, 0.2) is 5.82 Å². The molecule has 5 nitrogen and oxygen atoms in total. The minimum atomic E-state index is -0.104. The van der Waals surface area contributed by atoms with E-state index in [1.807, 2.05) is 20.8 Å². The van der Waals surface area contributed by atoms with Crippen LogP contribution in [0.2, 0.25) is 0 Å². The first kappa shape index (κ1) is 11.4. The first-order valence-corrected chi connectivity index (χ1v) is 5.46. The maximum atomic E-state index is 11.9. The van der Waals surface area contributed by atoms with E-state index >= 15 is 0 Å². The van der Waals surface area contributed by atoms with Crippen molar-refractivity contribution < 1.29 is 0 Å². The fourth-order valence-corrected chi connectivity index (χ4v) is 1.82. The molecular formula is C12H14N4O. The molecule has 0 aromatic carbocycles. The van der Waals surface area contributed by atoms with Crippen molar-refractivity contribution in [2.24, 2.45) is 0 Å². The number of aromatic nitrogens is 4. The Morgan fingerprint density at radius 2 is 2.06 bits per heavy atom. The second-order valence-electron chi connectivity index (χ2n) is 4.16. The summed E-state index contributed by atoms with van der Waals surface area (Å²) in [6.45, 7) is 5.78. The first-order chi connectivity index (χ1) is 8.09. The lowest BCUT2D eigenvalue weighted by atomic mass is 10.0. The van der Waals surface area contributed by atoms with Crippen molar-refractivity contribution in [3.63, 3.8) is 0 Å². The Hall–Kier alpha value is -2.04. The smallest absolute Gasteiger partial charge is 0.254 e. The van der Waals surface area contributed by atoms with Gasteiger partial charge >= 0.3 is 0 Å². The van der Waals surface area contributed by atoms with Gasteiger partial charge in [-0.1, -0.05) is 13.8 Å². The lowest BCUT2D eigenvalue weighted by molar-refractivity contribution is 0.813. The number of hydrogen-bond donors (Lipinski definition) is 1. The van der Waals surface area contributed by atoms with E-state index in [1.165, 1.54) is 0 Å². The molecule has 0 amide bonds. The second kappa shape index (κ2) is 4.45. The van der Waals surface area contributed by atoms with E-state index in [0.717, 1.165) is 11.3 Å². The van der Waals surface area contributed by atoms with E-state index in [9.17, 15) is 4.79 Å². The summed E-state index contributed by atoms with van der Waals surface area (Å²) in [7, 11) is 0. The number of H-pyrrole nitrogens is 1. The molecule has 0 unspecified atom stereocenters. The van der Waals surface area contributed by atoms with Crippen LogP contribution in [-0.2, 0) is 0 Å². The molecule has 0 aliphatic heterocycles. The molecule has 2 aromatic rings. The van der Waals surface area contributed by atoms with Gasteiger partial charge in [0.25, 0.3) is 5.56 Å². The molecule has 17 heavy (non-hydrogen) atoms. The van der Waals surface area contributed by atoms with Crippen LogP contribution in [0.4, 0.5) is 0 Å². The van der Waals surface area contributed by atoms with Crippen LogP contribution in [0.3, 0.4) is 0 Å². The molecule has 0 fully saturated rings. The molecule has 0 radical (unpaired) electrons. The molecule has 0 saturated carbocycles. The summed E-state index contributed by atoms with van der Waals surface area (Å²) < 4.78 is 0. The molecule has 0 aliphatic carbocycles. The van der Waals surface area contributed by atoms with Crippen molar-refractivity contribution in [3.8, 4) is 11.5 Å². The number of aromatic amines is 1. The van der Waals surface area contributed by atoms with Crippen LogP contribution in [-0.4, -0.2) is 19.9 Å². The zero-order chi connectivity index (χ0) is 12.4.